The number of thiazole rings is 1. The molecule has 2 bridgehead atoms. The number of para-hydroxylation sites is 1. The van der Waals surface area contributed by atoms with Crippen LogP contribution in [0.25, 0.3) is 10.2 Å². The van der Waals surface area contributed by atoms with Crippen LogP contribution in [0.4, 0.5) is 0 Å². The quantitative estimate of drug-likeness (QED) is 0.690. The number of carbonyl (C=O) groups is 1. The van der Waals surface area contributed by atoms with Crippen molar-refractivity contribution in [1.29, 1.82) is 0 Å². The summed E-state index contributed by atoms with van der Waals surface area (Å²) in [5, 5.41) is 0.671. The standard InChI is InChI=1S/C21H21N3O2S/c1-14(25)24-13-16-10-17(24)12-23(16)11-15-6-8-18(9-7-15)26-21-22-19-4-2-3-5-20(19)27-21/h2-9,16-17H,10-13H2,1H3/t16-,17-/m0/s1. The predicted octanol–water partition coefficient (Wildman–Crippen LogP) is 3.89. The molecule has 2 saturated heterocycles. The molecule has 138 valence electrons. The molecule has 1 aromatic heterocycles. The monoisotopic (exact) mass is 379 g/mol. The minimum absolute atomic E-state index is 0.207. The van der Waals surface area contributed by atoms with Crippen molar-refractivity contribution in [2.75, 3.05) is 13.1 Å². The van der Waals surface area contributed by atoms with Gasteiger partial charge in [0.2, 0.25) is 5.91 Å². The van der Waals surface area contributed by atoms with Gasteiger partial charge in [-0.3, -0.25) is 9.69 Å². The Morgan fingerprint density at radius 2 is 1.96 bits per heavy atom. The van der Waals surface area contributed by atoms with Crippen molar-refractivity contribution in [2.24, 2.45) is 0 Å². The number of amides is 1. The molecule has 2 aliphatic rings. The predicted molar refractivity (Wildman–Crippen MR) is 106 cm³/mol. The van der Waals surface area contributed by atoms with E-state index in [1.807, 2.05) is 35.2 Å². The number of ether oxygens (including phenoxy) is 1. The van der Waals surface area contributed by atoms with Gasteiger partial charge in [0.15, 0.2) is 0 Å². The van der Waals surface area contributed by atoms with Gasteiger partial charge in [-0.25, -0.2) is 4.98 Å². The molecule has 3 aromatic rings. The number of aromatic nitrogens is 1. The van der Waals surface area contributed by atoms with E-state index in [0.29, 0.717) is 17.3 Å². The van der Waals surface area contributed by atoms with Crippen molar-refractivity contribution in [3.05, 3.63) is 54.1 Å². The van der Waals surface area contributed by atoms with Crippen molar-refractivity contribution >= 4 is 27.5 Å². The second kappa shape index (κ2) is 6.62. The van der Waals surface area contributed by atoms with Crippen LogP contribution >= 0.6 is 11.3 Å². The Kier molecular flexibility index (Phi) is 4.10. The Labute approximate surface area is 162 Å². The van der Waals surface area contributed by atoms with E-state index in [9.17, 15) is 4.79 Å². The van der Waals surface area contributed by atoms with Gasteiger partial charge in [0.25, 0.3) is 5.19 Å². The fourth-order valence-electron chi connectivity index (χ4n) is 4.22. The van der Waals surface area contributed by atoms with Gasteiger partial charge < -0.3 is 9.64 Å². The van der Waals surface area contributed by atoms with Gasteiger partial charge in [-0.05, 0) is 36.2 Å². The van der Waals surface area contributed by atoms with E-state index < -0.39 is 0 Å². The van der Waals surface area contributed by atoms with Crippen LogP contribution in [-0.4, -0.2) is 45.9 Å². The lowest BCUT2D eigenvalue weighted by Crippen LogP contribution is -2.47. The summed E-state index contributed by atoms with van der Waals surface area (Å²) in [6.45, 7) is 4.45. The van der Waals surface area contributed by atoms with Gasteiger partial charge in [-0.2, -0.15) is 0 Å². The maximum atomic E-state index is 11.6. The summed E-state index contributed by atoms with van der Waals surface area (Å²) in [6, 6.07) is 17.2. The molecule has 0 aliphatic carbocycles. The molecule has 2 aromatic carbocycles. The number of piperazine rings is 1. The number of nitrogens with zero attached hydrogens (tertiary/aromatic N) is 3. The molecule has 2 aliphatic heterocycles. The minimum Gasteiger partial charge on any atom is -0.431 e. The van der Waals surface area contributed by atoms with Gasteiger partial charge in [0, 0.05) is 38.6 Å². The molecule has 2 atom stereocenters. The van der Waals surface area contributed by atoms with Crippen LogP contribution in [0.2, 0.25) is 0 Å². The summed E-state index contributed by atoms with van der Waals surface area (Å²) in [6.07, 6.45) is 1.11. The highest BCUT2D eigenvalue weighted by molar-refractivity contribution is 7.20. The number of hydrogen-bond donors (Lipinski definition) is 0. The van der Waals surface area contributed by atoms with Crippen molar-refractivity contribution in [3.8, 4) is 10.9 Å². The molecule has 0 radical (unpaired) electrons. The molecule has 5 rings (SSSR count). The average Bonchev–Trinajstić information content (AvgIpc) is 3.36. The topological polar surface area (TPSA) is 45.7 Å². The third-order valence-corrected chi connectivity index (χ3v) is 6.46. The summed E-state index contributed by atoms with van der Waals surface area (Å²) >= 11 is 1.56. The van der Waals surface area contributed by atoms with E-state index in [4.69, 9.17) is 4.74 Å². The van der Waals surface area contributed by atoms with Crippen molar-refractivity contribution < 1.29 is 9.53 Å². The van der Waals surface area contributed by atoms with Crippen LogP contribution < -0.4 is 4.74 Å². The number of likely N-dealkylation sites (tertiary alicyclic amines) is 2. The first-order valence-corrected chi connectivity index (χ1v) is 10.1. The second-order valence-electron chi connectivity index (χ2n) is 7.34. The number of carbonyl (C=O) groups excluding carboxylic acids is 1. The molecular formula is C21H21N3O2S. The number of benzene rings is 2. The minimum atomic E-state index is 0.207. The van der Waals surface area contributed by atoms with Gasteiger partial charge in [-0.1, -0.05) is 35.6 Å². The maximum Gasteiger partial charge on any atom is 0.279 e. The highest BCUT2D eigenvalue weighted by Gasteiger charge is 2.43. The lowest BCUT2D eigenvalue weighted by atomic mass is 10.2. The smallest absolute Gasteiger partial charge is 0.279 e. The summed E-state index contributed by atoms with van der Waals surface area (Å²) in [4.78, 5) is 20.7. The van der Waals surface area contributed by atoms with E-state index in [2.05, 4.69) is 28.1 Å². The summed E-state index contributed by atoms with van der Waals surface area (Å²) in [5.74, 6) is 1.02. The largest absolute Gasteiger partial charge is 0.431 e. The molecule has 0 spiro atoms. The fourth-order valence-corrected chi connectivity index (χ4v) is 5.06. The van der Waals surface area contributed by atoms with Crippen LogP contribution in [0.3, 0.4) is 0 Å². The van der Waals surface area contributed by atoms with Crippen LogP contribution in [0.15, 0.2) is 48.5 Å². The summed E-state index contributed by atoms with van der Waals surface area (Å²) in [5.41, 5.74) is 2.24. The first-order chi connectivity index (χ1) is 13.2. The molecule has 0 N–H and O–H groups in total. The Morgan fingerprint density at radius 1 is 1.15 bits per heavy atom. The molecule has 3 heterocycles. The first-order valence-electron chi connectivity index (χ1n) is 9.29. The number of fused-ring (bicyclic) bond motifs is 3. The zero-order chi connectivity index (χ0) is 18.4. The van der Waals surface area contributed by atoms with E-state index in [0.717, 1.165) is 42.0 Å². The molecule has 0 unspecified atom stereocenters. The van der Waals surface area contributed by atoms with E-state index in [1.54, 1.807) is 18.3 Å². The van der Waals surface area contributed by atoms with Crippen molar-refractivity contribution in [3.63, 3.8) is 0 Å². The van der Waals surface area contributed by atoms with Crippen LogP contribution in [0.1, 0.15) is 18.9 Å². The lowest BCUT2D eigenvalue weighted by Gasteiger charge is -2.33. The van der Waals surface area contributed by atoms with Crippen molar-refractivity contribution in [2.45, 2.75) is 32.0 Å². The van der Waals surface area contributed by atoms with Gasteiger partial charge in [0.1, 0.15) is 5.75 Å². The van der Waals surface area contributed by atoms with Gasteiger partial charge in [0.05, 0.1) is 10.2 Å². The van der Waals surface area contributed by atoms with Crippen LogP contribution in [0.5, 0.6) is 10.9 Å². The molecule has 1 amide bonds. The summed E-state index contributed by atoms with van der Waals surface area (Å²) < 4.78 is 7.06. The SMILES string of the molecule is CC(=O)N1C[C@@H]2C[C@H]1CN2Cc1ccc(Oc2nc3ccccc3s2)cc1. The highest BCUT2D eigenvalue weighted by atomic mass is 32.1. The Morgan fingerprint density at radius 3 is 2.67 bits per heavy atom. The Hall–Kier alpha value is -2.44. The van der Waals surface area contributed by atoms with Gasteiger partial charge in [-0.15, -0.1) is 0 Å². The molecule has 5 nitrogen and oxygen atoms in total. The lowest BCUT2D eigenvalue weighted by molar-refractivity contribution is -0.131. The first kappa shape index (κ1) is 16.7. The average molecular weight is 379 g/mol. The van der Waals surface area contributed by atoms with E-state index in [1.165, 1.54) is 5.56 Å². The normalized spacial score (nSPS) is 21.9. The molecule has 0 saturated carbocycles. The third kappa shape index (κ3) is 3.19. The molecular weight excluding hydrogens is 358 g/mol. The molecule has 27 heavy (non-hydrogen) atoms. The number of rotatable bonds is 4. The Balaban J connectivity index is 1.23. The molecule has 6 heteroatoms. The second-order valence-corrected chi connectivity index (χ2v) is 8.33. The molecule has 2 fully saturated rings. The van der Waals surface area contributed by atoms with E-state index >= 15 is 0 Å². The van der Waals surface area contributed by atoms with Gasteiger partial charge >= 0.3 is 0 Å². The summed E-state index contributed by atoms with van der Waals surface area (Å²) in [7, 11) is 0. The van der Waals surface area contributed by atoms with E-state index in [-0.39, 0.29) is 5.91 Å². The van der Waals surface area contributed by atoms with Crippen molar-refractivity contribution in [1.82, 2.24) is 14.8 Å². The highest BCUT2D eigenvalue weighted by Crippen LogP contribution is 2.33. The van der Waals surface area contributed by atoms with Crippen LogP contribution in [0, 0.1) is 0 Å². The van der Waals surface area contributed by atoms with Crippen LogP contribution in [-0.2, 0) is 11.3 Å². The zero-order valence-corrected chi connectivity index (χ0v) is 16.0. The number of hydrogen-bond acceptors (Lipinski definition) is 5. The third-order valence-electron chi connectivity index (χ3n) is 5.55. The maximum absolute atomic E-state index is 11.6. The zero-order valence-electron chi connectivity index (χ0n) is 15.2. The fraction of sp³-hybridized carbons (Fsp3) is 0.333. The Bertz CT molecular complexity index is 952.